The van der Waals surface area contributed by atoms with Crippen molar-refractivity contribution in [3.05, 3.63) is 59.1 Å². The van der Waals surface area contributed by atoms with Crippen LogP contribution in [0.2, 0.25) is 10.6 Å². The van der Waals surface area contributed by atoms with Crippen LogP contribution >= 0.6 is 23.2 Å². The van der Waals surface area contributed by atoms with E-state index in [-0.39, 0.29) is 22.2 Å². The molecule has 4 aromatic carbocycles. The summed E-state index contributed by atoms with van der Waals surface area (Å²) in [6.45, 7) is 0. The molecule has 9 N–H and O–H groups in total. The van der Waals surface area contributed by atoms with Gasteiger partial charge in [-0.15, -0.1) is 20.5 Å². The molecule has 57 heavy (non-hydrogen) atoms. The van der Waals surface area contributed by atoms with E-state index >= 15 is 0 Å². The number of nitrogen functional groups attached to an aromatic ring is 1. The first kappa shape index (κ1) is 43.0. The molecule has 0 fully saturated rings. The van der Waals surface area contributed by atoms with E-state index in [1.54, 1.807) is 0 Å². The lowest BCUT2D eigenvalue weighted by Crippen LogP contribution is -2.04. The molecule has 0 aliphatic carbocycles. The zero-order valence-electron chi connectivity index (χ0n) is 26.9. The average Bonchev–Trinajstić information content (AvgIpc) is 3.04. The highest BCUT2D eigenvalue weighted by molar-refractivity contribution is 7.87. The highest BCUT2D eigenvalue weighted by atomic mass is 35.5. The Morgan fingerprint density at radius 2 is 1.02 bits per heavy atom. The molecule has 25 nitrogen and oxygen atoms in total. The third kappa shape index (κ3) is 9.54. The van der Waals surface area contributed by atoms with Crippen molar-refractivity contribution in [3.63, 3.8) is 0 Å². The molecule has 0 bridgehead atoms. The minimum atomic E-state index is -5.49. The average molecular weight is 931 g/mol. The molecule has 0 aliphatic heterocycles. The molecule has 0 amide bonds. The Morgan fingerprint density at radius 3 is 1.51 bits per heavy atom. The minimum Gasteiger partial charge on any atom is -0.505 e. The summed E-state index contributed by atoms with van der Waals surface area (Å²) in [6.07, 6.45) is 0. The van der Waals surface area contributed by atoms with Crippen LogP contribution in [0.25, 0.3) is 10.8 Å². The van der Waals surface area contributed by atoms with Crippen molar-refractivity contribution in [2.45, 2.75) is 24.5 Å². The van der Waals surface area contributed by atoms with Gasteiger partial charge in [0, 0.05) is 5.69 Å². The Bertz CT molecular complexity index is 3170. The highest BCUT2D eigenvalue weighted by Crippen LogP contribution is 2.48. The van der Waals surface area contributed by atoms with E-state index in [0.717, 1.165) is 18.2 Å². The van der Waals surface area contributed by atoms with E-state index in [1.165, 1.54) is 0 Å². The predicted octanol–water partition coefficient (Wildman–Crippen LogP) is 4.43. The first-order valence-corrected chi connectivity index (χ1v) is 22.0. The van der Waals surface area contributed by atoms with Gasteiger partial charge in [-0.05, 0) is 77.1 Å². The summed E-state index contributed by atoms with van der Waals surface area (Å²) >= 11 is 11.5. The van der Waals surface area contributed by atoms with Gasteiger partial charge < -0.3 is 16.2 Å². The quantitative estimate of drug-likeness (QED) is 0.0516. The lowest BCUT2D eigenvalue weighted by Gasteiger charge is -2.14. The number of phenols is 1. The van der Waals surface area contributed by atoms with Crippen LogP contribution in [0.3, 0.4) is 0 Å². The van der Waals surface area contributed by atoms with E-state index in [2.05, 4.69) is 40.7 Å². The number of benzene rings is 4. The Labute approximate surface area is 328 Å². The third-order valence-electron chi connectivity index (χ3n) is 6.97. The topological polar surface area (TPSA) is 418 Å². The zero-order valence-corrected chi connectivity index (χ0v) is 32.5. The fraction of sp³-hybridized carbons (Fsp3) is 0. The normalized spacial score (nSPS) is 13.2. The van der Waals surface area contributed by atoms with Gasteiger partial charge in [-0.1, -0.05) is 0 Å². The molecule has 0 spiro atoms. The van der Waals surface area contributed by atoms with Crippen LogP contribution < -0.4 is 11.1 Å². The molecule has 0 saturated carbocycles. The molecule has 302 valence electrons. The van der Waals surface area contributed by atoms with Crippen molar-refractivity contribution in [2.75, 3.05) is 11.1 Å². The number of aromatic hydroxyl groups is 1. The van der Waals surface area contributed by atoms with Gasteiger partial charge in [-0.2, -0.15) is 57.0 Å². The largest absolute Gasteiger partial charge is 0.505 e. The molecule has 1 heterocycles. The van der Waals surface area contributed by atoms with E-state index in [0.29, 0.717) is 30.3 Å². The number of nitrogens with zero attached hydrogens (tertiary/aromatic N) is 7. The Kier molecular flexibility index (Phi) is 11.3. The van der Waals surface area contributed by atoms with E-state index < -0.39 is 120 Å². The summed E-state index contributed by atoms with van der Waals surface area (Å²) in [6, 6.07) is 5.02. The number of aromatic nitrogens is 3. The fourth-order valence-corrected chi connectivity index (χ4v) is 8.07. The van der Waals surface area contributed by atoms with Gasteiger partial charge in [0.05, 0.1) is 16.0 Å². The molecule has 5 rings (SSSR count). The number of hydrogen-bond acceptors (Lipinski definition) is 20. The zero-order chi connectivity index (χ0) is 42.6. The van der Waals surface area contributed by atoms with Gasteiger partial charge in [0.25, 0.3) is 50.6 Å². The summed E-state index contributed by atoms with van der Waals surface area (Å²) in [4.78, 5) is 5.30. The van der Waals surface area contributed by atoms with Gasteiger partial charge in [0.2, 0.25) is 16.5 Å². The van der Waals surface area contributed by atoms with Crippen LogP contribution in [0.5, 0.6) is 5.75 Å². The number of anilines is 3. The Morgan fingerprint density at radius 1 is 0.561 bits per heavy atom. The molecule has 32 heteroatoms. The summed E-state index contributed by atoms with van der Waals surface area (Å²) in [5, 5.41) is 25.7. The molecule has 0 radical (unpaired) electrons. The smallest absolute Gasteiger partial charge is 0.296 e. The summed E-state index contributed by atoms with van der Waals surface area (Å²) < 4.78 is 170. The standard InChI is InChI=1S/C25H17Cl2N9O16S5/c26-23-30-24(27)32-25(31-23)29-10-1-3-14(54(41,42)43)12(7-10)33-36-21-17(57(50,51)52)6-9-5-16(56(47,48)49)20(19(28)18(9)22(21)37)35-34-13-8-11(53(38,39)40)2-4-15(13)55(44,45)46/h1-8,37H,28H2,(H,38,39,40)(H,41,42,43)(H,44,45,46)(H,47,48,49)(H,50,51,52)(H,29,30,31,32)/b35-34+,36-33+. The number of nitrogens with one attached hydrogen (secondary N) is 1. The second-order valence-corrected chi connectivity index (χ2v) is 18.4. The molecule has 1 aromatic heterocycles. The van der Waals surface area contributed by atoms with Crippen LogP contribution in [0.1, 0.15) is 0 Å². The Hall–Kier alpha value is -5.12. The van der Waals surface area contributed by atoms with Crippen molar-refractivity contribution in [3.8, 4) is 5.75 Å². The van der Waals surface area contributed by atoms with Gasteiger partial charge in [0.15, 0.2) is 5.75 Å². The Balaban J connectivity index is 1.78. The van der Waals surface area contributed by atoms with Crippen LogP contribution in [0, 0.1) is 0 Å². The van der Waals surface area contributed by atoms with E-state index in [4.69, 9.17) is 28.9 Å². The maximum atomic E-state index is 12.5. The highest BCUT2D eigenvalue weighted by Gasteiger charge is 2.29. The lowest BCUT2D eigenvalue weighted by molar-refractivity contribution is 0.472. The van der Waals surface area contributed by atoms with Crippen molar-refractivity contribution in [2.24, 2.45) is 20.5 Å². The monoisotopic (exact) mass is 929 g/mol. The van der Waals surface area contributed by atoms with Crippen molar-refractivity contribution < 1.29 is 70.0 Å². The van der Waals surface area contributed by atoms with Gasteiger partial charge in [-0.3, -0.25) is 22.8 Å². The first-order chi connectivity index (χ1) is 26.1. The molecule has 0 atom stereocenters. The van der Waals surface area contributed by atoms with Crippen molar-refractivity contribution in [1.82, 2.24) is 15.0 Å². The first-order valence-electron chi connectivity index (χ1n) is 14.0. The van der Waals surface area contributed by atoms with E-state index in [9.17, 15) is 70.0 Å². The van der Waals surface area contributed by atoms with Crippen LogP contribution in [-0.2, 0) is 50.6 Å². The van der Waals surface area contributed by atoms with Crippen LogP contribution in [-0.4, -0.2) is 84.9 Å². The van der Waals surface area contributed by atoms with Gasteiger partial charge >= 0.3 is 0 Å². The summed E-state index contributed by atoms with van der Waals surface area (Å²) in [7, 11) is -26.4. The summed E-state index contributed by atoms with van der Waals surface area (Å²) in [5.74, 6) is -1.64. The minimum absolute atomic E-state index is 0.0938. The second-order valence-electron chi connectivity index (χ2n) is 10.7. The molecule has 5 aromatic rings. The SMILES string of the molecule is Nc1c(/N=N/c2cc(S(=O)(=O)O)ccc2S(=O)(=O)O)c(S(=O)(=O)O)cc2cc(S(=O)(=O)O)c(/N=N/c3cc(Nc4nc(Cl)nc(Cl)n4)ccc3S(=O)(=O)O)c(O)c12. The number of halogens is 2. The summed E-state index contributed by atoms with van der Waals surface area (Å²) in [5.41, 5.74) is 0.798. The molecule has 0 saturated heterocycles. The maximum Gasteiger partial charge on any atom is 0.296 e. The molecule has 0 unspecified atom stereocenters. The number of azo groups is 2. The number of hydrogen-bond donors (Lipinski definition) is 8. The number of nitrogens with two attached hydrogens (primary N) is 1. The number of fused-ring (bicyclic) bond motifs is 1. The van der Waals surface area contributed by atoms with Crippen LogP contribution in [0.15, 0.2) is 93.5 Å². The number of phenolic OH excluding ortho intramolecular Hbond substituents is 1. The second kappa shape index (κ2) is 15.0. The lowest BCUT2D eigenvalue weighted by atomic mass is 10.1. The van der Waals surface area contributed by atoms with Crippen LogP contribution in [0.4, 0.5) is 40.1 Å². The molecule has 0 aliphatic rings. The number of rotatable bonds is 11. The van der Waals surface area contributed by atoms with Crippen molar-refractivity contribution >= 4 is 125 Å². The molecular formula is C25H17Cl2N9O16S5. The van der Waals surface area contributed by atoms with Crippen molar-refractivity contribution in [1.29, 1.82) is 0 Å². The third-order valence-corrected chi connectivity index (χ3v) is 11.7. The molecular weight excluding hydrogens is 914 g/mol. The maximum absolute atomic E-state index is 12.5. The van der Waals surface area contributed by atoms with E-state index in [1.807, 2.05) is 0 Å². The predicted molar refractivity (Wildman–Crippen MR) is 193 cm³/mol. The fourth-order valence-electron chi connectivity index (χ4n) is 4.67. The van der Waals surface area contributed by atoms with Gasteiger partial charge in [0.1, 0.15) is 42.3 Å². The van der Waals surface area contributed by atoms with Gasteiger partial charge in [-0.25, -0.2) is 0 Å².